The van der Waals surface area contributed by atoms with Gasteiger partial charge in [-0.15, -0.1) is 0 Å². The molecule has 0 spiro atoms. The quantitative estimate of drug-likeness (QED) is 0.905. The van der Waals surface area contributed by atoms with Crippen LogP contribution in [0.4, 0.5) is 13.2 Å². The molecule has 25 heavy (non-hydrogen) atoms. The van der Waals surface area contributed by atoms with Crippen LogP contribution in [0.15, 0.2) is 36.4 Å². The molecule has 1 aliphatic rings. The smallest absolute Gasteiger partial charge is 0.410 e. The number of nitrogens with zero attached hydrogens (tertiary/aromatic N) is 1. The van der Waals surface area contributed by atoms with Gasteiger partial charge in [0.15, 0.2) is 6.04 Å². The third-order valence-electron chi connectivity index (χ3n) is 4.03. The van der Waals surface area contributed by atoms with E-state index in [0.717, 1.165) is 10.4 Å². The maximum absolute atomic E-state index is 13.9. The molecule has 1 atom stereocenters. The van der Waals surface area contributed by atoms with Crippen LogP contribution >= 0.6 is 0 Å². The van der Waals surface area contributed by atoms with Gasteiger partial charge in [0.1, 0.15) is 5.75 Å². The fourth-order valence-electron chi connectivity index (χ4n) is 3.05. The molecular formula is C18H19F3N2O2. The second kappa shape index (κ2) is 6.55. The predicted octanol–water partition coefficient (Wildman–Crippen LogP) is 3.97. The van der Waals surface area contributed by atoms with Crippen molar-refractivity contribution in [2.75, 3.05) is 6.54 Å². The van der Waals surface area contributed by atoms with Crippen molar-refractivity contribution in [2.45, 2.75) is 38.6 Å². The summed E-state index contributed by atoms with van der Waals surface area (Å²) in [5, 5.41) is 2.36. The second-order valence-electron chi connectivity index (χ2n) is 6.29. The third-order valence-corrected chi connectivity index (χ3v) is 4.03. The zero-order valence-electron chi connectivity index (χ0n) is 13.9. The van der Waals surface area contributed by atoms with E-state index >= 15 is 0 Å². The number of carbonyl (C=O) groups excluding carboxylic acids is 1. The lowest BCUT2D eigenvalue weighted by Crippen LogP contribution is -2.43. The first-order chi connectivity index (χ1) is 11.8. The van der Waals surface area contributed by atoms with Crippen molar-refractivity contribution in [3.05, 3.63) is 42.0 Å². The highest BCUT2D eigenvalue weighted by Crippen LogP contribution is 2.44. The lowest BCUT2D eigenvalue weighted by atomic mass is 9.99. The van der Waals surface area contributed by atoms with Crippen molar-refractivity contribution in [3.8, 4) is 5.75 Å². The van der Waals surface area contributed by atoms with Crippen molar-refractivity contribution in [1.29, 1.82) is 0 Å². The van der Waals surface area contributed by atoms with Crippen LogP contribution in [0.1, 0.15) is 31.9 Å². The van der Waals surface area contributed by atoms with Gasteiger partial charge in [-0.2, -0.15) is 13.2 Å². The number of benzene rings is 2. The van der Waals surface area contributed by atoms with Gasteiger partial charge in [-0.3, -0.25) is 10.2 Å². The van der Waals surface area contributed by atoms with E-state index < -0.39 is 18.1 Å². The fraction of sp³-hybridized carbons (Fsp3) is 0.389. The van der Waals surface area contributed by atoms with E-state index in [9.17, 15) is 18.0 Å². The van der Waals surface area contributed by atoms with E-state index in [4.69, 9.17) is 4.74 Å². The molecule has 1 aliphatic heterocycles. The maximum Gasteiger partial charge on any atom is 0.410 e. The summed E-state index contributed by atoms with van der Waals surface area (Å²) >= 11 is 0. The molecule has 0 saturated carbocycles. The summed E-state index contributed by atoms with van der Waals surface area (Å²) in [7, 11) is 0. The number of hydrogen-bond donors (Lipinski definition) is 1. The zero-order chi connectivity index (χ0) is 18.2. The van der Waals surface area contributed by atoms with E-state index in [1.54, 1.807) is 32.0 Å². The van der Waals surface area contributed by atoms with Crippen LogP contribution in [0.5, 0.6) is 5.75 Å². The number of amides is 1. The molecule has 0 radical (unpaired) electrons. The van der Waals surface area contributed by atoms with Gasteiger partial charge in [0.25, 0.3) is 0 Å². The number of carbonyl (C=O) groups is 1. The Labute approximate surface area is 143 Å². The molecule has 2 aromatic rings. The molecule has 0 bridgehead atoms. The van der Waals surface area contributed by atoms with E-state index in [0.29, 0.717) is 5.39 Å². The van der Waals surface area contributed by atoms with Gasteiger partial charge in [0.05, 0.1) is 6.10 Å². The Hall–Kier alpha value is -2.28. The summed E-state index contributed by atoms with van der Waals surface area (Å²) in [5.41, 5.74) is 2.31. The summed E-state index contributed by atoms with van der Waals surface area (Å²) in [4.78, 5) is 11.4. The van der Waals surface area contributed by atoms with Gasteiger partial charge in [-0.25, -0.2) is 5.01 Å². The van der Waals surface area contributed by atoms with Gasteiger partial charge in [-0.1, -0.05) is 36.4 Å². The van der Waals surface area contributed by atoms with Crippen molar-refractivity contribution in [1.82, 2.24) is 10.4 Å². The van der Waals surface area contributed by atoms with E-state index in [2.05, 4.69) is 5.43 Å². The fourth-order valence-corrected chi connectivity index (χ4v) is 3.05. The normalized spacial score (nSPS) is 17.1. The maximum atomic E-state index is 13.9. The Morgan fingerprint density at radius 2 is 1.88 bits per heavy atom. The predicted molar refractivity (Wildman–Crippen MR) is 88.0 cm³/mol. The molecule has 0 unspecified atom stereocenters. The van der Waals surface area contributed by atoms with Gasteiger partial charge in [0, 0.05) is 23.9 Å². The molecule has 1 amide bonds. The van der Waals surface area contributed by atoms with Crippen LogP contribution < -0.4 is 10.2 Å². The second-order valence-corrected chi connectivity index (χ2v) is 6.29. The molecule has 1 heterocycles. The van der Waals surface area contributed by atoms with Gasteiger partial charge in [0.2, 0.25) is 5.91 Å². The van der Waals surface area contributed by atoms with Crippen LogP contribution in [-0.4, -0.2) is 29.7 Å². The van der Waals surface area contributed by atoms with Crippen LogP contribution in [0.2, 0.25) is 0 Å². The molecule has 7 heteroatoms. The highest BCUT2D eigenvalue weighted by Gasteiger charge is 2.48. The number of hydrogen-bond acceptors (Lipinski definition) is 3. The average molecular weight is 352 g/mol. The molecule has 134 valence electrons. The number of nitrogens with one attached hydrogen (secondary N) is 1. The molecule has 2 aromatic carbocycles. The molecule has 0 aromatic heterocycles. The Kier molecular flexibility index (Phi) is 4.60. The highest BCUT2D eigenvalue weighted by molar-refractivity contribution is 5.90. The van der Waals surface area contributed by atoms with Crippen LogP contribution in [0, 0.1) is 0 Å². The minimum absolute atomic E-state index is 0.00194. The summed E-state index contributed by atoms with van der Waals surface area (Å²) in [6.45, 7) is 3.54. The molecule has 4 nitrogen and oxygen atoms in total. The Bertz CT molecular complexity index is 789. The first-order valence-corrected chi connectivity index (χ1v) is 8.08. The summed E-state index contributed by atoms with van der Waals surface area (Å²) in [5.74, 6) is -0.210. The molecule has 1 saturated heterocycles. The summed E-state index contributed by atoms with van der Waals surface area (Å²) in [6.07, 6.45) is -4.80. The van der Waals surface area contributed by atoms with Crippen molar-refractivity contribution >= 4 is 16.7 Å². The largest absolute Gasteiger partial charge is 0.490 e. The van der Waals surface area contributed by atoms with Crippen LogP contribution in [-0.2, 0) is 4.79 Å². The van der Waals surface area contributed by atoms with Gasteiger partial charge in [-0.05, 0) is 19.2 Å². The molecule has 1 fully saturated rings. The van der Waals surface area contributed by atoms with Crippen molar-refractivity contribution in [2.24, 2.45) is 0 Å². The Morgan fingerprint density at radius 3 is 2.48 bits per heavy atom. The topological polar surface area (TPSA) is 41.6 Å². The number of halogens is 3. The number of hydrazine groups is 1. The average Bonchev–Trinajstić information content (AvgIpc) is 2.93. The number of rotatable bonds is 4. The van der Waals surface area contributed by atoms with Crippen molar-refractivity contribution < 1.29 is 22.7 Å². The van der Waals surface area contributed by atoms with E-state index in [-0.39, 0.29) is 30.4 Å². The lowest BCUT2D eigenvalue weighted by Gasteiger charge is -2.31. The van der Waals surface area contributed by atoms with Gasteiger partial charge < -0.3 is 4.74 Å². The van der Waals surface area contributed by atoms with E-state index in [1.165, 1.54) is 6.07 Å². The van der Waals surface area contributed by atoms with Crippen LogP contribution in [0.3, 0.4) is 0 Å². The zero-order valence-corrected chi connectivity index (χ0v) is 13.9. The highest BCUT2D eigenvalue weighted by atomic mass is 19.4. The number of alkyl halides is 3. The van der Waals surface area contributed by atoms with Crippen molar-refractivity contribution in [3.63, 3.8) is 0 Å². The minimum atomic E-state index is -4.56. The third kappa shape index (κ3) is 3.56. The first-order valence-electron chi connectivity index (χ1n) is 8.08. The number of ether oxygens (including phenoxy) is 1. The SMILES string of the molecule is CC(C)Oc1c([C@H](N2CCC(=O)N2)C(F)(F)F)ccc2ccccc12. The van der Waals surface area contributed by atoms with E-state index in [1.807, 2.05) is 12.1 Å². The molecule has 0 aliphatic carbocycles. The first kappa shape index (κ1) is 17.5. The summed E-state index contributed by atoms with van der Waals surface area (Å²) < 4.78 is 47.3. The lowest BCUT2D eigenvalue weighted by molar-refractivity contribution is -0.191. The molecule has 1 N–H and O–H groups in total. The standard InChI is InChI=1S/C18H19F3N2O2/c1-11(2)25-16-13-6-4-3-5-12(13)7-8-14(16)17(18(19,20)21)23-10-9-15(24)22-23/h3-8,11,17H,9-10H2,1-2H3,(H,22,24)/t17-/m0/s1. The molecule has 3 rings (SSSR count). The number of fused-ring (bicyclic) bond motifs is 1. The Morgan fingerprint density at radius 1 is 1.16 bits per heavy atom. The minimum Gasteiger partial charge on any atom is -0.490 e. The summed E-state index contributed by atoms with van der Waals surface area (Å²) in [6, 6.07) is 8.27. The van der Waals surface area contributed by atoms with Gasteiger partial charge >= 0.3 is 6.18 Å². The van der Waals surface area contributed by atoms with Crippen LogP contribution in [0.25, 0.3) is 10.8 Å². The Balaban J connectivity index is 2.18. The monoisotopic (exact) mass is 352 g/mol. The molecular weight excluding hydrogens is 333 g/mol.